The lowest BCUT2D eigenvalue weighted by Gasteiger charge is -2.10. The van der Waals surface area contributed by atoms with Gasteiger partial charge >= 0.3 is 5.69 Å². The summed E-state index contributed by atoms with van der Waals surface area (Å²) < 4.78 is 1.46. The van der Waals surface area contributed by atoms with Gasteiger partial charge in [0.05, 0.1) is 0 Å². The molecular formula is C8H13N3O2. The fourth-order valence-electron chi connectivity index (χ4n) is 0.974. The molecule has 0 bridgehead atoms. The molecule has 1 heterocycles. The molecule has 0 fully saturated rings. The second-order valence-electron chi connectivity index (χ2n) is 2.95. The highest BCUT2D eigenvalue weighted by Gasteiger charge is 2.00. The van der Waals surface area contributed by atoms with Crippen LogP contribution in [-0.2, 0) is 6.54 Å². The Bertz CT molecular complexity index is 379. The molecule has 1 aromatic heterocycles. The lowest BCUT2D eigenvalue weighted by molar-refractivity contribution is 0.497. The summed E-state index contributed by atoms with van der Waals surface area (Å²) in [6.07, 6.45) is 1.50. The van der Waals surface area contributed by atoms with Crippen molar-refractivity contribution in [2.45, 2.75) is 19.5 Å². The number of likely N-dealkylation sites (N-methyl/N-ethyl adjacent to an activating group) is 1. The Hall–Kier alpha value is -1.36. The Morgan fingerprint density at radius 3 is 2.85 bits per heavy atom. The topological polar surface area (TPSA) is 66.9 Å². The molecule has 13 heavy (non-hydrogen) atoms. The third kappa shape index (κ3) is 2.55. The van der Waals surface area contributed by atoms with Crippen LogP contribution in [0.15, 0.2) is 21.9 Å². The number of nitrogens with zero attached hydrogens (tertiary/aromatic N) is 1. The molecule has 1 aromatic rings. The second-order valence-corrected chi connectivity index (χ2v) is 2.95. The second kappa shape index (κ2) is 4.04. The van der Waals surface area contributed by atoms with Crippen LogP contribution >= 0.6 is 0 Å². The predicted octanol–water partition coefficient (Wildman–Crippen LogP) is -0.856. The molecule has 0 aliphatic heterocycles. The summed E-state index contributed by atoms with van der Waals surface area (Å²) in [5, 5.41) is 3.00. The summed E-state index contributed by atoms with van der Waals surface area (Å²) in [5.74, 6) is 0. The molecule has 2 N–H and O–H groups in total. The lowest BCUT2D eigenvalue weighted by Crippen LogP contribution is -2.35. The smallest absolute Gasteiger partial charge is 0.315 e. The van der Waals surface area contributed by atoms with E-state index in [1.807, 2.05) is 14.0 Å². The summed E-state index contributed by atoms with van der Waals surface area (Å²) in [5.41, 5.74) is -0.729. The van der Waals surface area contributed by atoms with Crippen LogP contribution in [0, 0.1) is 0 Å². The molecule has 0 aromatic carbocycles. The van der Waals surface area contributed by atoms with Gasteiger partial charge in [0.25, 0.3) is 5.56 Å². The van der Waals surface area contributed by atoms with Crippen LogP contribution in [-0.4, -0.2) is 22.6 Å². The van der Waals surface area contributed by atoms with Gasteiger partial charge in [0.1, 0.15) is 0 Å². The molecule has 0 saturated carbocycles. The zero-order valence-corrected chi connectivity index (χ0v) is 7.70. The molecule has 0 aliphatic carbocycles. The SMILES string of the molecule is CNC(C)Cn1ccc(=O)[nH]c1=O. The normalized spacial score (nSPS) is 12.8. The van der Waals surface area contributed by atoms with E-state index in [1.54, 1.807) is 0 Å². The van der Waals surface area contributed by atoms with E-state index in [4.69, 9.17) is 0 Å². The molecule has 1 unspecified atom stereocenters. The van der Waals surface area contributed by atoms with Crippen LogP contribution in [0.1, 0.15) is 6.92 Å². The Morgan fingerprint density at radius 2 is 2.31 bits per heavy atom. The van der Waals surface area contributed by atoms with E-state index in [0.717, 1.165) is 0 Å². The molecule has 0 aliphatic rings. The van der Waals surface area contributed by atoms with Crippen molar-refractivity contribution in [2.75, 3.05) is 7.05 Å². The molecule has 0 radical (unpaired) electrons. The highest BCUT2D eigenvalue weighted by atomic mass is 16.2. The molecule has 5 nitrogen and oxygen atoms in total. The van der Waals surface area contributed by atoms with Crippen LogP contribution in [0.25, 0.3) is 0 Å². The number of rotatable bonds is 3. The highest BCUT2D eigenvalue weighted by Crippen LogP contribution is 1.84. The van der Waals surface area contributed by atoms with Crippen LogP contribution in [0.2, 0.25) is 0 Å². The van der Waals surface area contributed by atoms with Gasteiger partial charge in [0.15, 0.2) is 0 Å². The number of aromatic nitrogens is 2. The fourth-order valence-corrected chi connectivity index (χ4v) is 0.974. The average Bonchev–Trinajstić information content (AvgIpc) is 2.09. The van der Waals surface area contributed by atoms with E-state index < -0.39 is 0 Å². The molecular weight excluding hydrogens is 170 g/mol. The Morgan fingerprint density at radius 1 is 1.62 bits per heavy atom. The van der Waals surface area contributed by atoms with Crippen molar-refractivity contribution >= 4 is 0 Å². The van der Waals surface area contributed by atoms with E-state index in [2.05, 4.69) is 10.3 Å². The summed E-state index contributed by atoms with van der Waals surface area (Å²) in [6.45, 7) is 2.50. The molecule has 1 atom stereocenters. The van der Waals surface area contributed by atoms with Gasteiger partial charge in [-0.3, -0.25) is 14.3 Å². The maximum Gasteiger partial charge on any atom is 0.328 e. The van der Waals surface area contributed by atoms with Crippen LogP contribution < -0.4 is 16.6 Å². The third-order valence-electron chi connectivity index (χ3n) is 1.86. The molecule has 0 saturated heterocycles. The number of H-pyrrole nitrogens is 1. The molecule has 72 valence electrons. The van der Waals surface area contributed by atoms with Gasteiger partial charge < -0.3 is 5.32 Å². The number of hydrogen-bond donors (Lipinski definition) is 2. The van der Waals surface area contributed by atoms with Crippen molar-refractivity contribution in [3.05, 3.63) is 33.1 Å². The minimum atomic E-state index is -0.366. The summed E-state index contributed by atoms with van der Waals surface area (Å²) in [6, 6.07) is 1.53. The first-order chi connectivity index (χ1) is 6.13. The Balaban J connectivity index is 2.90. The number of aromatic amines is 1. The van der Waals surface area contributed by atoms with Crippen molar-refractivity contribution in [3.8, 4) is 0 Å². The van der Waals surface area contributed by atoms with Crippen LogP contribution in [0.3, 0.4) is 0 Å². The van der Waals surface area contributed by atoms with Crippen LogP contribution in [0.4, 0.5) is 0 Å². The molecule has 0 amide bonds. The van der Waals surface area contributed by atoms with E-state index >= 15 is 0 Å². The number of nitrogens with one attached hydrogen (secondary N) is 2. The monoisotopic (exact) mass is 183 g/mol. The van der Waals surface area contributed by atoms with Gasteiger partial charge in [0, 0.05) is 24.8 Å². The summed E-state index contributed by atoms with van der Waals surface area (Å²) in [7, 11) is 1.82. The Kier molecular flexibility index (Phi) is 3.02. The summed E-state index contributed by atoms with van der Waals surface area (Å²) >= 11 is 0. The summed E-state index contributed by atoms with van der Waals surface area (Å²) in [4.78, 5) is 24.1. The van der Waals surface area contributed by atoms with Gasteiger partial charge in [-0.2, -0.15) is 0 Å². The van der Waals surface area contributed by atoms with Crippen molar-refractivity contribution in [1.29, 1.82) is 0 Å². The first kappa shape index (κ1) is 9.73. The van der Waals surface area contributed by atoms with Gasteiger partial charge in [0.2, 0.25) is 0 Å². The van der Waals surface area contributed by atoms with Crippen molar-refractivity contribution in [1.82, 2.24) is 14.9 Å². The van der Waals surface area contributed by atoms with E-state index in [9.17, 15) is 9.59 Å². The van der Waals surface area contributed by atoms with Crippen molar-refractivity contribution in [3.63, 3.8) is 0 Å². The van der Waals surface area contributed by atoms with E-state index in [1.165, 1.54) is 16.8 Å². The maximum absolute atomic E-state index is 11.2. The van der Waals surface area contributed by atoms with Gasteiger partial charge in [-0.15, -0.1) is 0 Å². The standard InChI is InChI=1S/C8H13N3O2/c1-6(9-2)5-11-4-3-7(12)10-8(11)13/h3-4,6,9H,5H2,1-2H3,(H,10,12,13). The average molecular weight is 183 g/mol. The predicted molar refractivity (Wildman–Crippen MR) is 49.8 cm³/mol. The molecule has 1 rings (SSSR count). The minimum Gasteiger partial charge on any atom is -0.315 e. The van der Waals surface area contributed by atoms with Gasteiger partial charge in [-0.25, -0.2) is 4.79 Å². The number of hydrogen-bond acceptors (Lipinski definition) is 3. The van der Waals surface area contributed by atoms with E-state index in [-0.39, 0.29) is 17.3 Å². The molecule has 0 spiro atoms. The van der Waals surface area contributed by atoms with Crippen molar-refractivity contribution in [2.24, 2.45) is 0 Å². The van der Waals surface area contributed by atoms with Gasteiger partial charge in [-0.1, -0.05) is 0 Å². The largest absolute Gasteiger partial charge is 0.328 e. The van der Waals surface area contributed by atoms with Crippen LogP contribution in [0.5, 0.6) is 0 Å². The maximum atomic E-state index is 11.2. The minimum absolute atomic E-state index is 0.198. The third-order valence-corrected chi connectivity index (χ3v) is 1.86. The first-order valence-electron chi connectivity index (χ1n) is 4.10. The van der Waals surface area contributed by atoms with E-state index in [0.29, 0.717) is 6.54 Å². The zero-order valence-electron chi connectivity index (χ0n) is 7.70. The lowest BCUT2D eigenvalue weighted by atomic mass is 10.3. The quantitative estimate of drug-likeness (QED) is 0.641. The highest BCUT2D eigenvalue weighted by molar-refractivity contribution is 4.83. The Labute approximate surface area is 75.4 Å². The first-order valence-corrected chi connectivity index (χ1v) is 4.10. The molecule has 5 heteroatoms. The van der Waals surface area contributed by atoms with Gasteiger partial charge in [-0.05, 0) is 14.0 Å². The zero-order chi connectivity index (χ0) is 9.84. The fraction of sp³-hybridized carbons (Fsp3) is 0.500. The van der Waals surface area contributed by atoms with Crippen molar-refractivity contribution < 1.29 is 0 Å².